The van der Waals surface area contributed by atoms with Crippen LogP contribution in [0.3, 0.4) is 0 Å². The molecule has 1 aliphatic heterocycles. The predicted octanol–water partition coefficient (Wildman–Crippen LogP) is 6.10. The average Bonchev–Trinajstić information content (AvgIpc) is 3.08. The molecule has 0 saturated carbocycles. The third kappa shape index (κ3) is 4.69. The van der Waals surface area contributed by atoms with Gasteiger partial charge in [0, 0.05) is 16.8 Å². The van der Waals surface area contributed by atoms with Crippen molar-refractivity contribution in [2.75, 3.05) is 11.5 Å². The van der Waals surface area contributed by atoms with Crippen molar-refractivity contribution in [1.82, 2.24) is 0 Å². The molecule has 6 heteroatoms. The summed E-state index contributed by atoms with van der Waals surface area (Å²) in [5.41, 5.74) is 2.42. The molecular weight excluding hydrogens is 445 g/mol. The van der Waals surface area contributed by atoms with E-state index in [0.717, 1.165) is 11.1 Å². The number of anilines is 1. The van der Waals surface area contributed by atoms with Gasteiger partial charge in [0.05, 0.1) is 18.2 Å². The van der Waals surface area contributed by atoms with Gasteiger partial charge in [0.1, 0.15) is 17.3 Å². The van der Waals surface area contributed by atoms with E-state index in [-0.39, 0.29) is 16.9 Å². The largest absolute Gasteiger partial charge is 0.507 e. The smallest absolute Gasteiger partial charge is 0.300 e. The summed E-state index contributed by atoms with van der Waals surface area (Å²) in [6.07, 6.45) is 0. The summed E-state index contributed by atoms with van der Waals surface area (Å²) in [6, 6.07) is 17.0. The van der Waals surface area contributed by atoms with Crippen LogP contribution in [0.15, 0.2) is 72.3 Å². The molecule has 3 aromatic carbocycles. The highest BCUT2D eigenvalue weighted by molar-refractivity contribution is 6.51. The number of aryl methyl sites for hydroxylation is 2. The average molecular weight is 474 g/mol. The van der Waals surface area contributed by atoms with Gasteiger partial charge in [-0.1, -0.05) is 44.2 Å². The summed E-state index contributed by atoms with van der Waals surface area (Å²) in [4.78, 5) is 27.7. The number of amides is 1. The third-order valence-electron chi connectivity index (χ3n) is 5.94. The van der Waals surface area contributed by atoms with E-state index >= 15 is 4.39 Å². The van der Waals surface area contributed by atoms with Crippen LogP contribution in [0.5, 0.6) is 5.75 Å². The first-order valence-electron chi connectivity index (χ1n) is 11.5. The molecule has 5 nitrogen and oxygen atoms in total. The zero-order valence-corrected chi connectivity index (χ0v) is 20.2. The fourth-order valence-electron chi connectivity index (χ4n) is 4.24. The maximum atomic E-state index is 15.0. The van der Waals surface area contributed by atoms with Crippen LogP contribution in [0.1, 0.15) is 42.1 Å². The quantitative estimate of drug-likeness (QED) is 0.267. The fraction of sp³-hybridized carbons (Fsp3) is 0.241. The van der Waals surface area contributed by atoms with E-state index < -0.39 is 23.5 Å². The minimum Gasteiger partial charge on any atom is -0.507 e. The van der Waals surface area contributed by atoms with E-state index in [2.05, 4.69) is 0 Å². The lowest BCUT2D eigenvalue weighted by Crippen LogP contribution is -2.29. The molecule has 0 bridgehead atoms. The van der Waals surface area contributed by atoms with Crippen molar-refractivity contribution >= 4 is 23.1 Å². The number of nitrogens with zero attached hydrogens (tertiary/aromatic N) is 1. The first kappa shape index (κ1) is 24.2. The molecule has 1 unspecified atom stereocenters. The molecule has 1 fully saturated rings. The van der Waals surface area contributed by atoms with Crippen LogP contribution < -0.4 is 9.64 Å². The van der Waals surface area contributed by atoms with Gasteiger partial charge in [-0.3, -0.25) is 14.5 Å². The Kier molecular flexibility index (Phi) is 6.74. The van der Waals surface area contributed by atoms with Crippen LogP contribution in [0, 0.1) is 25.6 Å². The number of carbonyl (C=O) groups is 2. The lowest BCUT2D eigenvalue weighted by Gasteiger charge is -2.26. The molecule has 1 N–H and O–H groups in total. The Balaban J connectivity index is 1.87. The molecule has 0 aliphatic carbocycles. The van der Waals surface area contributed by atoms with Crippen LogP contribution in [0.25, 0.3) is 5.76 Å². The SMILES string of the molecule is Cc1cccc(N2C(=O)C(=O)/C(=C(/O)c3ccc(OCC(C)C)c(C)c3)C2c2ccccc2F)c1. The van der Waals surface area contributed by atoms with Gasteiger partial charge >= 0.3 is 0 Å². The number of Topliss-reactive ketones (excluding diaryl/α,β-unsaturated/α-hetero) is 1. The molecule has 3 aromatic rings. The molecule has 0 radical (unpaired) electrons. The molecule has 1 aliphatic rings. The molecule has 1 heterocycles. The number of carbonyl (C=O) groups excluding carboxylic acids is 2. The van der Waals surface area contributed by atoms with Gasteiger partial charge < -0.3 is 9.84 Å². The Morgan fingerprint density at radius 3 is 2.43 bits per heavy atom. The first-order chi connectivity index (χ1) is 16.7. The molecule has 1 amide bonds. The highest BCUT2D eigenvalue weighted by atomic mass is 19.1. The van der Waals surface area contributed by atoms with Gasteiger partial charge in [-0.05, 0) is 67.3 Å². The van der Waals surface area contributed by atoms with E-state index in [4.69, 9.17) is 4.74 Å². The Morgan fingerprint density at radius 2 is 1.77 bits per heavy atom. The van der Waals surface area contributed by atoms with Gasteiger partial charge in [0.25, 0.3) is 11.7 Å². The number of hydrogen-bond acceptors (Lipinski definition) is 4. The van der Waals surface area contributed by atoms with Crippen molar-refractivity contribution < 1.29 is 23.8 Å². The minimum atomic E-state index is -1.12. The molecule has 35 heavy (non-hydrogen) atoms. The molecule has 1 saturated heterocycles. The number of ether oxygens (including phenoxy) is 1. The number of rotatable bonds is 6. The summed E-state index contributed by atoms with van der Waals surface area (Å²) in [7, 11) is 0. The van der Waals surface area contributed by atoms with Crippen LogP contribution in [0.4, 0.5) is 10.1 Å². The van der Waals surface area contributed by atoms with Gasteiger partial charge in [0.15, 0.2) is 0 Å². The van der Waals surface area contributed by atoms with Crippen molar-refractivity contribution in [2.24, 2.45) is 5.92 Å². The monoisotopic (exact) mass is 473 g/mol. The second-order valence-corrected chi connectivity index (χ2v) is 9.21. The minimum absolute atomic E-state index is 0.128. The number of halogens is 1. The number of aliphatic hydroxyl groups excluding tert-OH is 1. The van der Waals surface area contributed by atoms with Gasteiger partial charge in [-0.25, -0.2) is 4.39 Å². The van der Waals surface area contributed by atoms with Crippen molar-refractivity contribution in [3.63, 3.8) is 0 Å². The highest BCUT2D eigenvalue weighted by Crippen LogP contribution is 2.43. The number of ketones is 1. The maximum Gasteiger partial charge on any atom is 0.300 e. The van der Waals surface area contributed by atoms with E-state index in [1.54, 1.807) is 42.5 Å². The Labute approximate surface area is 204 Å². The second-order valence-electron chi connectivity index (χ2n) is 9.21. The second kappa shape index (κ2) is 9.74. The van der Waals surface area contributed by atoms with Gasteiger partial charge in [-0.2, -0.15) is 0 Å². The van der Waals surface area contributed by atoms with Crippen molar-refractivity contribution in [2.45, 2.75) is 33.7 Å². The lowest BCUT2D eigenvalue weighted by molar-refractivity contribution is -0.132. The third-order valence-corrected chi connectivity index (χ3v) is 5.94. The normalized spacial score (nSPS) is 17.3. The maximum absolute atomic E-state index is 15.0. The van der Waals surface area contributed by atoms with E-state index in [1.807, 2.05) is 33.8 Å². The van der Waals surface area contributed by atoms with Gasteiger partial charge in [-0.15, -0.1) is 0 Å². The summed E-state index contributed by atoms with van der Waals surface area (Å²) >= 11 is 0. The summed E-state index contributed by atoms with van der Waals surface area (Å²) in [6.45, 7) is 8.34. The summed E-state index contributed by atoms with van der Waals surface area (Å²) in [5, 5.41) is 11.3. The van der Waals surface area contributed by atoms with Gasteiger partial charge in [0.2, 0.25) is 0 Å². The zero-order valence-electron chi connectivity index (χ0n) is 20.2. The number of benzene rings is 3. The first-order valence-corrected chi connectivity index (χ1v) is 11.5. The Hall–Kier alpha value is -3.93. The van der Waals surface area contributed by atoms with Crippen molar-refractivity contribution in [3.05, 3.63) is 100 Å². The van der Waals surface area contributed by atoms with Crippen molar-refractivity contribution in [3.8, 4) is 5.75 Å². The molecule has 4 rings (SSSR count). The number of aliphatic hydroxyl groups is 1. The van der Waals surface area contributed by atoms with E-state index in [9.17, 15) is 14.7 Å². The highest BCUT2D eigenvalue weighted by Gasteiger charge is 2.47. The molecule has 0 spiro atoms. The van der Waals surface area contributed by atoms with Crippen LogP contribution in [0.2, 0.25) is 0 Å². The Bertz CT molecular complexity index is 1330. The van der Waals surface area contributed by atoms with Crippen LogP contribution in [-0.4, -0.2) is 23.4 Å². The van der Waals surface area contributed by atoms with Crippen LogP contribution >= 0.6 is 0 Å². The van der Waals surface area contributed by atoms with Crippen molar-refractivity contribution in [1.29, 1.82) is 0 Å². The molecule has 0 aromatic heterocycles. The van der Waals surface area contributed by atoms with Crippen LogP contribution in [-0.2, 0) is 9.59 Å². The molecule has 180 valence electrons. The molecular formula is C29H28FNO4. The van der Waals surface area contributed by atoms with E-state index in [1.165, 1.54) is 23.1 Å². The summed E-state index contributed by atoms with van der Waals surface area (Å²) < 4.78 is 20.8. The number of hydrogen-bond donors (Lipinski definition) is 1. The Morgan fingerprint density at radius 1 is 1.03 bits per heavy atom. The van der Waals surface area contributed by atoms with E-state index in [0.29, 0.717) is 29.5 Å². The molecule has 1 atom stereocenters. The predicted molar refractivity (Wildman–Crippen MR) is 134 cm³/mol. The summed E-state index contributed by atoms with van der Waals surface area (Å²) in [5.74, 6) is -1.60. The zero-order chi connectivity index (χ0) is 25.3. The fourth-order valence-corrected chi connectivity index (χ4v) is 4.24. The standard InChI is InChI=1S/C29H28FNO4/c1-17(2)16-35-24-13-12-20(15-19(24)4)27(32)25-26(22-10-5-6-11-23(22)30)31(29(34)28(25)33)21-9-7-8-18(3)14-21/h5-15,17,26,32H,16H2,1-4H3/b27-25+. The lowest BCUT2D eigenvalue weighted by atomic mass is 9.94. The topological polar surface area (TPSA) is 66.8 Å².